The fourth-order valence-corrected chi connectivity index (χ4v) is 2.09. The molecule has 2 rings (SSSR count). The highest BCUT2D eigenvalue weighted by Gasteiger charge is 2.21. The fourth-order valence-electron chi connectivity index (χ4n) is 2.09. The molecule has 1 saturated heterocycles. The Hall–Kier alpha value is -1.47. The van der Waals surface area contributed by atoms with Crippen LogP contribution in [0.15, 0.2) is 6.20 Å². The molecule has 20 heavy (non-hydrogen) atoms. The maximum Gasteiger partial charge on any atom is 0.273 e. The molecule has 2 N–H and O–H groups in total. The molecule has 1 aromatic rings. The summed E-state index contributed by atoms with van der Waals surface area (Å²) in [6, 6.07) is 0.334. The molecule has 7 heteroatoms. The summed E-state index contributed by atoms with van der Waals surface area (Å²) in [5, 5.41) is 14.1. The largest absolute Gasteiger partial charge is 0.377 e. The Morgan fingerprint density at radius 1 is 1.55 bits per heavy atom. The van der Waals surface area contributed by atoms with Gasteiger partial charge in [0.2, 0.25) is 0 Å². The van der Waals surface area contributed by atoms with Crippen molar-refractivity contribution in [1.82, 2.24) is 25.6 Å². The van der Waals surface area contributed by atoms with E-state index in [0.29, 0.717) is 18.3 Å². The first-order chi connectivity index (χ1) is 9.52. The van der Waals surface area contributed by atoms with Gasteiger partial charge in [-0.2, -0.15) is 0 Å². The molecule has 0 aliphatic carbocycles. The Kier molecular flexibility index (Phi) is 4.72. The molecule has 2 heterocycles. The third kappa shape index (κ3) is 3.77. The average molecular weight is 281 g/mol. The second-order valence-corrected chi connectivity index (χ2v) is 5.71. The van der Waals surface area contributed by atoms with E-state index in [0.717, 1.165) is 25.9 Å². The minimum absolute atomic E-state index is 0.213. The first kappa shape index (κ1) is 14.9. The van der Waals surface area contributed by atoms with Crippen LogP contribution < -0.4 is 10.6 Å². The number of piperidine rings is 1. The Balaban J connectivity index is 1.92. The van der Waals surface area contributed by atoms with Crippen molar-refractivity contribution >= 4 is 5.91 Å². The normalized spacial score (nSPS) is 17.1. The first-order valence-electron chi connectivity index (χ1n) is 6.98. The van der Waals surface area contributed by atoms with Gasteiger partial charge in [0.25, 0.3) is 5.91 Å². The number of hydrogen-bond acceptors (Lipinski definition) is 5. The molecule has 0 atom stereocenters. The minimum Gasteiger partial charge on any atom is -0.377 e. The van der Waals surface area contributed by atoms with Crippen molar-refractivity contribution in [2.75, 3.05) is 26.7 Å². The lowest BCUT2D eigenvalue weighted by Gasteiger charge is -2.22. The van der Waals surface area contributed by atoms with Crippen LogP contribution in [0.1, 0.15) is 43.2 Å². The van der Waals surface area contributed by atoms with Crippen LogP contribution in [-0.2, 0) is 4.74 Å². The molecule has 0 spiro atoms. The van der Waals surface area contributed by atoms with Crippen molar-refractivity contribution in [1.29, 1.82) is 0 Å². The highest BCUT2D eigenvalue weighted by molar-refractivity contribution is 5.91. The number of rotatable bonds is 5. The van der Waals surface area contributed by atoms with E-state index in [9.17, 15) is 4.79 Å². The summed E-state index contributed by atoms with van der Waals surface area (Å²) in [5.41, 5.74) is -0.0313. The van der Waals surface area contributed by atoms with Crippen LogP contribution in [0.2, 0.25) is 0 Å². The molecule has 7 nitrogen and oxygen atoms in total. The van der Waals surface area contributed by atoms with Gasteiger partial charge in [0.05, 0.1) is 17.8 Å². The number of nitrogens with one attached hydrogen (secondary N) is 2. The molecule has 0 unspecified atom stereocenters. The Labute approximate surface area is 119 Å². The van der Waals surface area contributed by atoms with Gasteiger partial charge in [0, 0.05) is 13.7 Å². The lowest BCUT2D eigenvalue weighted by atomic mass is 10.1. The number of methoxy groups -OCH3 is 1. The van der Waals surface area contributed by atoms with E-state index in [2.05, 4.69) is 20.9 Å². The molecule has 1 aliphatic heterocycles. The summed E-state index contributed by atoms with van der Waals surface area (Å²) < 4.78 is 7.06. The van der Waals surface area contributed by atoms with E-state index in [4.69, 9.17) is 4.74 Å². The van der Waals surface area contributed by atoms with E-state index in [1.54, 1.807) is 18.0 Å². The van der Waals surface area contributed by atoms with E-state index in [-0.39, 0.29) is 11.5 Å². The van der Waals surface area contributed by atoms with Gasteiger partial charge in [0.15, 0.2) is 5.69 Å². The number of carbonyl (C=O) groups excluding carboxylic acids is 1. The van der Waals surface area contributed by atoms with Crippen molar-refractivity contribution in [3.8, 4) is 0 Å². The van der Waals surface area contributed by atoms with Crippen LogP contribution in [0.25, 0.3) is 0 Å². The predicted octanol–water partition coefficient (Wildman–Crippen LogP) is 0.357. The van der Waals surface area contributed by atoms with Gasteiger partial charge >= 0.3 is 0 Å². The molecule has 112 valence electrons. The third-order valence-corrected chi connectivity index (χ3v) is 3.65. The molecule has 0 aromatic carbocycles. The lowest BCUT2D eigenvalue weighted by molar-refractivity contribution is 0.0228. The summed E-state index contributed by atoms with van der Waals surface area (Å²) in [7, 11) is 1.62. The molecule has 1 fully saturated rings. The van der Waals surface area contributed by atoms with Gasteiger partial charge in [-0.3, -0.25) is 4.79 Å². The van der Waals surface area contributed by atoms with Gasteiger partial charge < -0.3 is 15.4 Å². The van der Waals surface area contributed by atoms with Gasteiger partial charge in [0.1, 0.15) is 0 Å². The number of aromatic nitrogens is 3. The van der Waals surface area contributed by atoms with Crippen LogP contribution in [0.5, 0.6) is 0 Å². The van der Waals surface area contributed by atoms with E-state index in [1.807, 2.05) is 13.8 Å². The maximum atomic E-state index is 12.0. The summed E-state index contributed by atoms with van der Waals surface area (Å²) in [5.74, 6) is -0.213. The molecule has 1 aromatic heterocycles. The number of carbonyl (C=O) groups is 1. The minimum atomic E-state index is -0.388. The van der Waals surface area contributed by atoms with Crippen LogP contribution in [0.3, 0.4) is 0 Å². The van der Waals surface area contributed by atoms with Crippen LogP contribution in [-0.4, -0.2) is 53.2 Å². The highest BCUT2D eigenvalue weighted by Crippen LogP contribution is 2.17. The molecule has 0 saturated carbocycles. The molecule has 0 bridgehead atoms. The number of amides is 1. The molecular formula is C13H23N5O2. The van der Waals surface area contributed by atoms with Crippen molar-refractivity contribution < 1.29 is 9.53 Å². The zero-order valence-corrected chi connectivity index (χ0v) is 12.3. The van der Waals surface area contributed by atoms with E-state index >= 15 is 0 Å². The average Bonchev–Trinajstić information content (AvgIpc) is 2.96. The summed E-state index contributed by atoms with van der Waals surface area (Å²) in [4.78, 5) is 12.0. The number of nitrogens with zero attached hydrogens (tertiary/aromatic N) is 3. The van der Waals surface area contributed by atoms with Crippen molar-refractivity contribution in [3.63, 3.8) is 0 Å². The summed E-state index contributed by atoms with van der Waals surface area (Å²) in [6.45, 7) is 6.23. The Bertz CT molecular complexity index is 451. The monoisotopic (exact) mass is 281 g/mol. The third-order valence-electron chi connectivity index (χ3n) is 3.65. The van der Waals surface area contributed by atoms with Crippen molar-refractivity contribution in [2.45, 2.75) is 38.3 Å². The zero-order chi connectivity index (χ0) is 14.6. The Morgan fingerprint density at radius 3 is 2.90 bits per heavy atom. The topological polar surface area (TPSA) is 81.1 Å². The molecule has 1 aliphatic rings. The second kappa shape index (κ2) is 6.32. The first-order valence-corrected chi connectivity index (χ1v) is 6.98. The van der Waals surface area contributed by atoms with E-state index < -0.39 is 0 Å². The van der Waals surface area contributed by atoms with Crippen LogP contribution in [0, 0.1) is 0 Å². The zero-order valence-electron chi connectivity index (χ0n) is 12.3. The molecule has 1 amide bonds. The highest BCUT2D eigenvalue weighted by atomic mass is 16.5. The SMILES string of the molecule is COC(C)(C)CNC(=O)c1cn(C2CCNCC2)nn1. The van der Waals surface area contributed by atoms with Crippen LogP contribution >= 0.6 is 0 Å². The molecule has 0 radical (unpaired) electrons. The van der Waals surface area contributed by atoms with Crippen LogP contribution in [0.4, 0.5) is 0 Å². The van der Waals surface area contributed by atoms with Gasteiger partial charge in [-0.15, -0.1) is 5.10 Å². The van der Waals surface area contributed by atoms with Crippen molar-refractivity contribution in [2.24, 2.45) is 0 Å². The maximum absolute atomic E-state index is 12.0. The lowest BCUT2D eigenvalue weighted by Crippen LogP contribution is -2.39. The van der Waals surface area contributed by atoms with Gasteiger partial charge in [-0.1, -0.05) is 5.21 Å². The standard InChI is InChI=1S/C13H23N5O2/c1-13(2,20-3)9-15-12(19)11-8-18(17-16-11)10-4-6-14-7-5-10/h8,10,14H,4-7,9H2,1-3H3,(H,15,19). The number of hydrogen-bond donors (Lipinski definition) is 2. The fraction of sp³-hybridized carbons (Fsp3) is 0.769. The second-order valence-electron chi connectivity index (χ2n) is 5.71. The van der Waals surface area contributed by atoms with E-state index in [1.165, 1.54) is 0 Å². The van der Waals surface area contributed by atoms with Gasteiger partial charge in [-0.25, -0.2) is 4.68 Å². The Morgan fingerprint density at radius 2 is 2.25 bits per heavy atom. The quantitative estimate of drug-likeness (QED) is 0.814. The van der Waals surface area contributed by atoms with Crippen molar-refractivity contribution in [3.05, 3.63) is 11.9 Å². The number of ether oxygens (including phenoxy) is 1. The molecular weight excluding hydrogens is 258 g/mol. The smallest absolute Gasteiger partial charge is 0.273 e. The summed E-state index contributed by atoms with van der Waals surface area (Å²) in [6.07, 6.45) is 3.76. The summed E-state index contributed by atoms with van der Waals surface area (Å²) >= 11 is 0. The van der Waals surface area contributed by atoms with Gasteiger partial charge in [-0.05, 0) is 39.8 Å². The predicted molar refractivity (Wildman–Crippen MR) is 74.6 cm³/mol.